The number of methoxy groups -OCH3 is 4. The predicted molar refractivity (Wildman–Crippen MR) is 145 cm³/mol. The van der Waals surface area contributed by atoms with Gasteiger partial charge in [-0.2, -0.15) is 0 Å². The highest BCUT2D eigenvalue weighted by Gasteiger charge is 2.35. The van der Waals surface area contributed by atoms with Crippen molar-refractivity contribution in [2.45, 2.75) is 12.5 Å². The van der Waals surface area contributed by atoms with E-state index in [-0.39, 0.29) is 12.5 Å². The summed E-state index contributed by atoms with van der Waals surface area (Å²) < 4.78 is 33.6. The number of fused-ring (bicyclic) bond motifs is 2. The molecule has 0 aliphatic carbocycles. The number of benzene rings is 3. The average molecular weight is 532 g/mol. The fourth-order valence-corrected chi connectivity index (χ4v) is 5.03. The van der Waals surface area contributed by atoms with Crippen molar-refractivity contribution < 1.29 is 32.9 Å². The maximum Gasteiger partial charge on any atom is 0.339 e. The lowest BCUT2D eigenvalue weighted by Crippen LogP contribution is -2.42. The Morgan fingerprint density at radius 1 is 0.872 bits per heavy atom. The van der Waals surface area contributed by atoms with Crippen molar-refractivity contribution in [2.75, 3.05) is 41.6 Å². The van der Waals surface area contributed by atoms with Gasteiger partial charge in [-0.05, 0) is 53.9 Å². The van der Waals surface area contributed by atoms with E-state index in [0.717, 1.165) is 11.1 Å². The van der Waals surface area contributed by atoms with Crippen LogP contribution in [0.1, 0.15) is 27.5 Å². The first-order valence-electron chi connectivity index (χ1n) is 12.4. The number of carbonyl (C=O) groups excluding carboxylic acids is 1. The van der Waals surface area contributed by atoms with E-state index < -0.39 is 11.7 Å². The van der Waals surface area contributed by atoms with Crippen LogP contribution in [0.25, 0.3) is 11.0 Å². The number of amides is 1. The Hall–Kier alpha value is -4.66. The SMILES string of the molecule is COc1cc2c(cc1OC)C(COc1cc(=O)oc3ccccc13)N(C(=O)c1cccc(OC)c1OC)CC2. The molecule has 39 heavy (non-hydrogen) atoms. The van der Waals surface area contributed by atoms with Gasteiger partial charge in [0.25, 0.3) is 5.91 Å². The number of hydrogen-bond acceptors (Lipinski definition) is 8. The normalized spacial score (nSPS) is 14.5. The topological polar surface area (TPSA) is 96.7 Å². The van der Waals surface area contributed by atoms with E-state index in [1.807, 2.05) is 24.3 Å². The van der Waals surface area contributed by atoms with Gasteiger partial charge in [0.15, 0.2) is 23.0 Å². The summed E-state index contributed by atoms with van der Waals surface area (Å²) in [5.74, 6) is 2.10. The number of rotatable bonds is 8. The van der Waals surface area contributed by atoms with Crippen LogP contribution in [0, 0.1) is 0 Å². The Kier molecular flexibility index (Phi) is 7.31. The third kappa shape index (κ3) is 4.83. The summed E-state index contributed by atoms with van der Waals surface area (Å²) in [7, 11) is 6.19. The van der Waals surface area contributed by atoms with E-state index >= 15 is 0 Å². The summed E-state index contributed by atoms with van der Waals surface area (Å²) in [4.78, 5) is 28.0. The number of nitrogens with zero attached hydrogens (tertiary/aromatic N) is 1. The molecule has 0 saturated heterocycles. The molecular weight excluding hydrogens is 502 g/mol. The summed E-state index contributed by atoms with van der Waals surface area (Å²) in [5.41, 5.74) is 2.15. The van der Waals surface area contributed by atoms with Gasteiger partial charge in [-0.1, -0.05) is 18.2 Å². The van der Waals surface area contributed by atoms with Crippen LogP contribution in [0.15, 0.2) is 69.9 Å². The molecule has 1 atom stereocenters. The minimum Gasteiger partial charge on any atom is -0.493 e. The molecule has 0 radical (unpaired) electrons. The summed E-state index contributed by atoms with van der Waals surface area (Å²) in [6, 6.07) is 17.0. The van der Waals surface area contributed by atoms with Crippen molar-refractivity contribution in [2.24, 2.45) is 0 Å². The van der Waals surface area contributed by atoms with Gasteiger partial charge >= 0.3 is 5.63 Å². The molecule has 0 fully saturated rings. The van der Waals surface area contributed by atoms with Gasteiger partial charge in [0.05, 0.1) is 51.5 Å². The number of para-hydroxylation sites is 2. The van der Waals surface area contributed by atoms with E-state index in [2.05, 4.69) is 0 Å². The lowest BCUT2D eigenvalue weighted by atomic mass is 9.91. The Labute approximate surface area is 225 Å². The molecule has 2 heterocycles. The highest BCUT2D eigenvalue weighted by atomic mass is 16.5. The molecule has 9 heteroatoms. The maximum atomic E-state index is 14.0. The van der Waals surface area contributed by atoms with Gasteiger partial charge in [0, 0.05) is 6.54 Å². The number of hydrogen-bond donors (Lipinski definition) is 0. The monoisotopic (exact) mass is 531 g/mol. The third-order valence-electron chi connectivity index (χ3n) is 6.91. The van der Waals surface area contributed by atoms with Crippen LogP contribution in [0.5, 0.6) is 28.7 Å². The van der Waals surface area contributed by atoms with Crippen LogP contribution in [0.4, 0.5) is 0 Å². The van der Waals surface area contributed by atoms with Gasteiger partial charge in [-0.15, -0.1) is 0 Å². The molecule has 0 N–H and O–H groups in total. The van der Waals surface area contributed by atoms with Gasteiger partial charge < -0.3 is 33.0 Å². The van der Waals surface area contributed by atoms with Crippen LogP contribution in [0.3, 0.4) is 0 Å². The van der Waals surface area contributed by atoms with Gasteiger partial charge in [0.1, 0.15) is 17.9 Å². The summed E-state index contributed by atoms with van der Waals surface area (Å²) >= 11 is 0. The molecule has 1 aromatic heterocycles. The van der Waals surface area contributed by atoms with E-state index in [1.54, 1.807) is 49.5 Å². The van der Waals surface area contributed by atoms with Gasteiger partial charge in [-0.25, -0.2) is 4.79 Å². The van der Waals surface area contributed by atoms with Gasteiger partial charge in [-0.3, -0.25) is 4.79 Å². The van der Waals surface area contributed by atoms with E-state index in [1.165, 1.54) is 20.3 Å². The Bertz CT molecular complexity index is 1580. The van der Waals surface area contributed by atoms with Crippen molar-refractivity contribution >= 4 is 16.9 Å². The first-order chi connectivity index (χ1) is 19.0. The fourth-order valence-electron chi connectivity index (χ4n) is 5.03. The zero-order chi connectivity index (χ0) is 27.5. The highest BCUT2D eigenvalue weighted by molar-refractivity contribution is 5.98. The molecule has 3 aromatic carbocycles. The molecule has 1 aliphatic heterocycles. The molecule has 202 valence electrons. The highest BCUT2D eigenvalue weighted by Crippen LogP contribution is 2.40. The summed E-state index contributed by atoms with van der Waals surface area (Å²) in [6.07, 6.45) is 0.599. The summed E-state index contributed by atoms with van der Waals surface area (Å²) in [6.45, 7) is 0.501. The van der Waals surface area contributed by atoms with Crippen molar-refractivity contribution in [3.05, 3.63) is 87.8 Å². The lowest BCUT2D eigenvalue weighted by molar-refractivity contribution is 0.0586. The Morgan fingerprint density at radius 3 is 2.36 bits per heavy atom. The largest absolute Gasteiger partial charge is 0.493 e. The van der Waals surface area contributed by atoms with Crippen LogP contribution in [-0.4, -0.2) is 52.4 Å². The predicted octanol–water partition coefficient (Wildman–Crippen LogP) is 4.65. The smallest absolute Gasteiger partial charge is 0.339 e. The first kappa shape index (κ1) is 26.0. The third-order valence-corrected chi connectivity index (χ3v) is 6.91. The average Bonchev–Trinajstić information content (AvgIpc) is 2.97. The van der Waals surface area contributed by atoms with E-state index in [4.69, 9.17) is 28.1 Å². The van der Waals surface area contributed by atoms with Crippen molar-refractivity contribution in [3.63, 3.8) is 0 Å². The van der Waals surface area contributed by atoms with Crippen LogP contribution in [0.2, 0.25) is 0 Å². The zero-order valence-corrected chi connectivity index (χ0v) is 22.2. The minimum atomic E-state index is -0.520. The quantitative estimate of drug-likeness (QED) is 0.303. The zero-order valence-electron chi connectivity index (χ0n) is 22.2. The van der Waals surface area contributed by atoms with Crippen molar-refractivity contribution in [1.29, 1.82) is 0 Å². The summed E-state index contributed by atoms with van der Waals surface area (Å²) in [5, 5.41) is 0.660. The second-order valence-corrected chi connectivity index (χ2v) is 8.95. The number of ether oxygens (including phenoxy) is 5. The standard InChI is InChI=1S/C30H29NO8/c1-34-24-11-7-9-20(29(24)37-4)30(33)31-13-12-18-14-26(35-2)27(36-3)15-21(18)22(31)17-38-25-16-28(32)39-23-10-6-5-8-19(23)25/h5-11,14-16,22H,12-13,17H2,1-4H3. The molecule has 0 bridgehead atoms. The molecule has 4 aromatic rings. The minimum absolute atomic E-state index is 0.0773. The molecule has 0 saturated carbocycles. The number of carbonyl (C=O) groups is 1. The van der Waals surface area contributed by atoms with Crippen LogP contribution >= 0.6 is 0 Å². The fraction of sp³-hybridized carbons (Fsp3) is 0.267. The molecule has 1 aliphatic rings. The second-order valence-electron chi connectivity index (χ2n) is 8.95. The lowest BCUT2D eigenvalue weighted by Gasteiger charge is -2.38. The molecule has 0 spiro atoms. The van der Waals surface area contributed by atoms with Crippen molar-refractivity contribution in [3.8, 4) is 28.7 Å². The van der Waals surface area contributed by atoms with E-state index in [9.17, 15) is 9.59 Å². The van der Waals surface area contributed by atoms with Crippen LogP contribution in [-0.2, 0) is 6.42 Å². The Morgan fingerprint density at radius 2 is 1.62 bits per heavy atom. The molecule has 1 amide bonds. The molecular formula is C30H29NO8. The second kappa shape index (κ2) is 11.0. The van der Waals surface area contributed by atoms with Crippen molar-refractivity contribution in [1.82, 2.24) is 4.90 Å². The molecule has 1 unspecified atom stereocenters. The maximum absolute atomic E-state index is 14.0. The van der Waals surface area contributed by atoms with E-state index in [0.29, 0.717) is 58.2 Å². The molecule has 9 nitrogen and oxygen atoms in total. The van der Waals surface area contributed by atoms with Gasteiger partial charge in [0.2, 0.25) is 0 Å². The first-order valence-corrected chi connectivity index (χ1v) is 12.4. The Balaban J connectivity index is 1.58. The molecule has 5 rings (SSSR count). The van der Waals surface area contributed by atoms with Crippen LogP contribution < -0.4 is 29.3 Å².